The maximum atomic E-state index is 13.0. The second-order valence-corrected chi connectivity index (χ2v) is 9.67. The fourth-order valence-corrected chi connectivity index (χ4v) is 5.00. The highest BCUT2D eigenvalue weighted by molar-refractivity contribution is 7.89. The van der Waals surface area contributed by atoms with E-state index in [0.717, 1.165) is 11.6 Å². The molecule has 1 atom stereocenters. The standard InChI is InChI=1S/C20H25ClN4O4S/c1-3-18(15-4-6-16(21)7-5-15)22-19-9-8-17(14-20(19)25(26)27)30(28,29)24-12-10-23(2)11-13-24/h4-9,14,18,22H,3,10-13H2,1-2H3. The first-order valence-corrected chi connectivity index (χ1v) is 11.5. The van der Waals surface area contributed by atoms with Gasteiger partial charge >= 0.3 is 0 Å². The molecule has 0 spiro atoms. The van der Waals surface area contributed by atoms with E-state index in [1.54, 1.807) is 12.1 Å². The van der Waals surface area contributed by atoms with Crippen molar-refractivity contribution in [3.63, 3.8) is 0 Å². The highest BCUT2D eigenvalue weighted by Crippen LogP contribution is 2.33. The van der Waals surface area contributed by atoms with Crippen LogP contribution >= 0.6 is 11.6 Å². The number of rotatable bonds is 7. The van der Waals surface area contributed by atoms with Crippen LogP contribution < -0.4 is 5.32 Å². The molecule has 10 heteroatoms. The van der Waals surface area contributed by atoms with Crippen LogP contribution in [0.2, 0.25) is 5.02 Å². The van der Waals surface area contributed by atoms with Crippen molar-refractivity contribution in [1.29, 1.82) is 0 Å². The Bertz CT molecular complexity index is 1010. The molecule has 1 saturated heterocycles. The lowest BCUT2D eigenvalue weighted by atomic mass is 10.0. The third-order valence-electron chi connectivity index (χ3n) is 5.28. The van der Waals surface area contributed by atoms with E-state index in [1.165, 1.54) is 16.4 Å². The zero-order chi connectivity index (χ0) is 21.9. The third-order valence-corrected chi connectivity index (χ3v) is 7.42. The van der Waals surface area contributed by atoms with Crippen molar-refractivity contribution in [3.8, 4) is 0 Å². The first kappa shape index (κ1) is 22.5. The minimum absolute atomic E-state index is 0.0659. The quantitative estimate of drug-likeness (QED) is 0.507. The van der Waals surface area contributed by atoms with Gasteiger partial charge in [0.25, 0.3) is 5.69 Å². The predicted octanol–water partition coefficient (Wildman–Crippen LogP) is 3.75. The van der Waals surface area contributed by atoms with Crippen molar-refractivity contribution in [1.82, 2.24) is 9.21 Å². The van der Waals surface area contributed by atoms with E-state index in [4.69, 9.17) is 11.6 Å². The number of nitrogens with zero attached hydrogens (tertiary/aromatic N) is 3. The summed E-state index contributed by atoms with van der Waals surface area (Å²) in [6.45, 7) is 3.94. The Labute approximate surface area is 181 Å². The fraction of sp³-hybridized carbons (Fsp3) is 0.400. The van der Waals surface area contributed by atoms with Gasteiger partial charge in [0.1, 0.15) is 5.69 Å². The van der Waals surface area contributed by atoms with Gasteiger partial charge in [-0.1, -0.05) is 30.7 Å². The summed E-state index contributed by atoms with van der Waals surface area (Å²) >= 11 is 5.95. The molecule has 1 aliphatic heterocycles. The van der Waals surface area contributed by atoms with E-state index >= 15 is 0 Å². The molecule has 1 aliphatic rings. The van der Waals surface area contributed by atoms with Crippen molar-refractivity contribution in [2.45, 2.75) is 24.3 Å². The van der Waals surface area contributed by atoms with Gasteiger partial charge < -0.3 is 10.2 Å². The van der Waals surface area contributed by atoms with E-state index < -0.39 is 14.9 Å². The van der Waals surface area contributed by atoms with Crippen molar-refractivity contribution in [2.75, 3.05) is 38.5 Å². The molecule has 3 rings (SSSR count). The number of benzene rings is 2. The molecule has 30 heavy (non-hydrogen) atoms. The number of sulfonamides is 1. The van der Waals surface area contributed by atoms with Gasteiger partial charge in [0.05, 0.1) is 15.9 Å². The minimum atomic E-state index is -3.79. The number of anilines is 1. The molecular formula is C20H25ClN4O4S. The second-order valence-electron chi connectivity index (χ2n) is 7.30. The van der Waals surface area contributed by atoms with Crippen molar-refractivity contribution >= 4 is 33.0 Å². The molecule has 0 aromatic heterocycles. The Kier molecular flexibility index (Phi) is 6.97. The van der Waals surface area contributed by atoms with Crippen LogP contribution in [0.5, 0.6) is 0 Å². The monoisotopic (exact) mass is 452 g/mol. The molecule has 0 aliphatic carbocycles. The lowest BCUT2D eigenvalue weighted by Crippen LogP contribution is -2.47. The Hall–Kier alpha value is -2.20. The van der Waals surface area contributed by atoms with Crippen LogP contribution in [0.4, 0.5) is 11.4 Å². The SMILES string of the molecule is CCC(Nc1ccc(S(=O)(=O)N2CCN(C)CC2)cc1[N+](=O)[O-])c1ccc(Cl)cc1. The maximum absolute atomic E-state index is 13.0. The van der Waals surface area contributed by atoms with Crippen molar-refractivity contribution in [3.05, 3.63) is 63.2 Å². The molecular weight excluding hydrogens is 428 g/mol. The lowest BCUT2D eigenvalue weighted by Gasteiger charge is -2.31. The van der Waals surface area contributed by atoms with E-state index in [2.05, 4.69) is 5.32 Å². The predicted molar refractivity (Wildman–Crippen MR) is 117 cm³/mol. The van der Waals surface area contributed by atoms with E-state index in [9.17, 15) is 18.5 Å². The molecule has 8 nitrogen and oxygen atoms in total. The topological polar surface area (TPSA) is 95.8 Å². The molecule has 0 bridgehead atoms. The molecule has 0 saturated carbocycles. The van der Waals surface area contributed by atoms with Gasteiger partial charge in [0.15, 0.2) is 0 Å². The second kappa shape index (κ2) is 9.30. The summed E-state index contributed by atoms with van der Waals surface area (Å²) in [6, 6.07) is 11.1. The van der Waals surface area contributed by atoms with E-state index in [-0.39, 0.29) is 22.3 Å². The number of hydrogen-bond donors (Lipinski definition) is 1. The van der Waals surface area contributed by atoms with E-state index in [0.29, 0.717) is 37.6 Å². The van der Waals surface area contributed by atoms with Crippen LogP contribution in [-0.4, -0.2) is 55.8 Å². The van der Waals surface area contributed by atoms with Crippen LogP contribution in [0, 0.1) is 10.1 Å². The van der Waals surface area contributed by atoms with Gasteiger partial charge in [-0.15, -0.1) is 0 Å². The Balaban J connectivity index is 1.90. The maximum Gasteiger partial charge on any atom is 0.293 e. The first-order valence-electron chi connectivity index (χ1n) is 9.71. The zero-order valence-electron chi connectivity index (χ0n) is 16.9. The van der Waals surface area contributed by atoms with Crippen molar-refractivity contribution < 1.29 is 13.3 Å². The summed E-state index contributed by atoms with van der Waals surface area (Å²) < 4.78 is 27.3. The molecule has 162 valence electrons. The zero-order valence-corrected chi connectivity index (χ0v) is 18.5. The van der Waals surface area contributed by atoms with Gasteiger partial charge in [-0.05, 0) is 43.3 Å². The average Bonchev–Trinajstić information content (AvgIpc) is 2.73. The molecule has 0 radical (unpaired) electrons. The Morgan fingerprint density at radius 1 is 1.13 bits per heavy atom. The summed E-state index contributed by atoms with van der Waals surface area (Å²) in [5.74, 6) is 0. The number of nitro benzene ring substituents is 1. The van der Waals surface area contributed by atoms with Gasteiger partial charge in [0, 0.05) is 37.3 Å². The van der Waals surface area contributed by atoms with Crippen LogP contribution in [0.25, 0.3) is 0 Å². The van der Waals surface area contributed by atoms with E-state index in [1.807, 2.05) is 31.0 Å². The van der Waals surface area contributed by atoms with Gasteiger partial charge in [-0.25, -0.2) is 8.42 Å². The summed E-state index contributed by atoms with van der Waals surface area (Å²) in [4.78, 5) is 13.1. The van der Waals surface area contributed by atoms with Gasteiger partial charge in [0.2, 0.25) is 10.0 Å². The third kappa shape index (κ3) is 4.92. The lowest BCUT2D eigenvalue weighted by molar-refractivity contribution is -0.384. The number of hydrogen-bond acceptors (Lipinski definition) is 6. The van der Waals surface area contributed by atoms with Gasteiger partial charge in [-0.3, -0.25) is 10.1 Å². The van der Waals surface area contributed by atoms with Crippen LogP contribution in [0.3, 0.4) is 0 Å². The summed E-state index contributed by atoms with van der Waals surface area (Å²) in [5.41, 5.74) is 0.946. The van der Waals surface area contributed by atoms with Crippen LogP contribution in [0.1, 0.15) is 24.9 Å². The highest BCUT2D eigenvalue weighted by Gasteiger charge is 2.30. The van der Waals surface area contributed by atoms with Crippen LogP contribution in [0.15, 0.2) is 47.4 Å². The number of nitrogens with one attached hydrogen (secondary N) is 1. The average molecular weight is 453 g/mol. The Morgan fingerprint density at radius 3 is 2.33 bits per heavy atom. The number of piperazine rings is 1. The highest BCUT2D eigenvalue weighted by atomic mass is 35.5. The van der Waals surface area contributed by atoms with Gasteiger partial charge in [-0.2, -0.15) is 4.31 Å². The summed E-state index contributed by atoms with van der Waals surface area (Å²) in [7, 11) is -1.86. The fourth-order valence-electron chi connectivity index (χ4n) is 3.43. The smallest absolute Gasteiger partial charge is 0.293 e. The number of nitro groups is 1. The summed E-state index contributed by atoms with van der Waals surface area (Å²) in [6.07, 6.45) is 0.681. The van der Waals surface area contributed by atoms with Crippen molar-refractivity contribution in [2.24, 2.45) is 0 Å². The summed E-state index contributed by atoms with van der Waals surface area (Å²) in [5, 5.41) is 15.5. The molecule has 1 N–H and O–H groups in total. The first-order chi connectivity index (χ1) is 14.2. The molecule has 1 fully saturated rings. The molecule has 2 aromatic carbocycles. The molecule has 1 heterocycles. The Morgan fingerprint density at radius 2 is 1.77 bits per heavy atom. The molecule has 2 aromatic rings. The minimum Gasteiger partial charge on any atom is -0.373 e. The normalized spacial score (nSPS) is 16.9. The largest absolute Gasteiger partial charge is 0.373 e. The molecule has 1 unspecified atom stereocenters. The number of likely N-dealkylation sites (N-methyl/N-ethyl adjacent to an activating group) is 1. The molecule has 0 amide bonds. The number of halogens is 1. The van der Waals surface area contributed by atoms with Crippen LogP contribution in [-0.2, 0) is 10.0 Å².